The van der Waals surface area contributed by atoms with E-state index in [2.05, 4.69) is 36.3 Å². The van der Waals surface area contributed by atoms with Gasteiger partial charge in [0.2, 0.25) is 0 Å². The Morgan fingerprint density at radius 3 is 2.81 bits per heavy atom. The monoisotopic (exact) mass is 225 g/mol. The molecule has 0 saturated carbocycles. The minimum Gasteiger partial charge on any atom is -0.385 e. The van der Waals surface area contributed by atoms with Gasteiger partial charge in [0, 0.05) is 36.9 Å². The van der Waals surface area contributed by atoms with Crippen LogP contribution in [-0.2, 0) is 16.7 Å². The van der Waals surface area contributed by atoms with Crippen LogP contribution in [0, 0.1) is 0 Å². The van der Waals surface area contributed by atoms with Crippen LogP contribution in [0.1, 0.15) is 38.4 Å². The van der Waals surface area contributed by atoms with Crippen molar-refractivity contribution >= 4 is 0 Å². The van der Waals surface area contributed by atoms with Crippen LogP contribution in [0.5, 0.6) is 0 Å². The van der Waals surface area contributed by atoms with Gasteiger partial charge in [-0.2, -0.15) is 5.10 Å². The molecule has 0 amide bonds. The molecule has 0 fully saturated rings. The Morgan fingerprint density at radius 2 is 2.19 bits per heavy atom. The SMILES string of the molecule is COCCCNCc1cn[nH]c1C(C)(C)C. The first-order valence-corrected chi connectivity index (χ1v) is 5.78. The normalized spacial score (nSPS) is 12.0. The molecule has 0 aliphatic heterocycles. The lowest BCUT2D eigenvalue weighted by atomic mass is 9.89. The molecule has 0 atom stereocenters. The zero-order valence-electron chi connectivity index (χ0n) is 10.8. The van der Waals surface area contributed by atoms with E-state index in [1.54, 1.807) is 7.11 Å². The van der Waals surface area contributed by atoms with Gasteiger partial charge in [-0.1, -0.05) is 20.8 Å². The highest BCUT2D eigenvalue weighted by Crippen LogP contribution is 2.22. The highest BCUT2D eigenvalue weighted by atomic mass is 16.5. The molecule has 0 bridgehead atoms. The number of hydrogen-bond acceptors (Lipinski definition) is 3. The Kier molecular flexibility index (Phi) is 4.96. The third kappa shape index (κ3) is 3.94. The lowest BCUT2D eigenvalue weighted by Crippen LogP contribution is -2.20. The van der Waals surface area contributed by atoms with Gasteiger partial charge < -0.3 is 10.1 Å². The number of H-pyrrole nitrogens is 1. The van der Waals surface area contributed by atoms with E-state index < -0.39 is 0 Å². The van der Waals surface area contributed by atoms with Gasteiger partial charge in [-0.15, -0.1) is 0 Å². The van der Waals surface area contributed by atoms with Crippen molar-refractivity contribution in [2.45, 2.75) is 39.2 Å². The molecular weight excluding hydrogens is 202 g/mol. The van der Waals surface area contributed by atoms with E-state index in [1.165, 1.54) is 11.3 Å². The molecule has 1 heterocycles. The summed E-state index contributed by atoms with van der Waals surface area (Å²) in [6.45, 7) is 9.22. The summed E-state index contributed by atoms with van der Waals surface area (Å²) in [5.74, 6) is 0. The smallest absolute Gasteiger partial charge is 0.0535 e. The number of hydrogen-bond donors (Lipinski definition) is 2. The van der Waals surface area contributed by atoms with Crippen LogP contribution in [0.3, 0.4) is 0 Å². The van der Waals surface area contributed by atoms with Crippen molar-refractivity contribution in [2.24, 2.45) is 0 Å². The van der Waals surface area contributed by atoms with Crippen LogP contribution in [0.2, 0.25) is 0 Å². The maximum Gasteiger partial charge on any atom is 0.0535 e. The molecular formula is C12H23N3O. The Balaban J connectivity index is 2.40. The highest BCUT2D eigenvalue weighted by Gasteiger charge is 2.19. The number of aromatic amines is 1. The number of aromatic nitrogens is 2. The third-order valence-corrected chi connectivity index (χ3v) is 2.49. The maximum atomic E-state index is 5.00. The molecule has 92 valence electrons. The second kappa shape index (κ2) is 6.01. The number of nitrogens with one attached hydrogen (secondary N) is 2. The summed E-state index contributed by atoms with van der Waals surface area (Å²) in [6, 6.07) is 0. The van der Waals surface area contributed by atoms with Crippen LogP contribution in [0.15, 0.2) is 6.20 Å². The highest BCUT2D eigenvalue weighted by molar-refractivity contribution is 5.23. The fraction of sp³-hybridized carbons (Fsp3) is 0.750. The molecule has 2 N–H and O–H groups in total. The van der Waals surface area contributed by atoms with Gasteiger partial charge in [0.1, 0.15) is 0 Å². The predicted molar refractivity (Wildman–Crippen MR) is 65.5 cm³/mol. The number of methoxy groups -OCH3 is 1. The van der Waals surface area contributed by atoms with Crippen molar-refractivity contribution in [1.29, 1.82) is 0 Å². The molecule has 1 aromatic heterocycles. The van der Waals surface area contributed by atoms with E-state index in [0.717, 1.165) is 26.1 Å². The molecule has 16 heavy (non-hydrogen) atoms. The van der Waals surface area contributed by atoms with Gasteiger partial charge >= 0.3 is 0 Å². The summed E-state index contributed by atoms with van der Waals surface area (Å²) < 4.78 is 5.00. The molecule has 0 aliphatic rings. The van der Waals surface area contributed by atoms with Gasteiger partial charge in [-0.05, 0) is 13.0 Å². The van der Waals surface area contributed by atoms with Crippen LogP contribution in [0.4, 0.5) is 0 Å². The van der Waals surface area contributed by atoms with Crippen molar-refractivity contribution in [3.63, 3.8) is 0 Å². The minimum absolute atomic E-state index is 0.125. The van der Waals surface area contributed by atoms with Crippen molar-refractivity contribution in [2.75, 3.05) is 20.3 Å². The lowest BCUT2D eigenvalue weighted by molar-refractivity contribution is 0.194. The summed E-state index contributed by atoms with van der Waals surface area (Å²) in [5.41, 5.74) is 2.59. The van der Waals surface area contributed by atoms with Crippen LogP contribution in [-0.4, -0.2) is 30.5 Å². The predicted octanol–water partition coefficient (Wildman–Crippen LogP) is 1.83. The van der Waals surface area contributed by atoms with Gasteiger partial charge in [0.15, 0.2) is 0 Å². The molecule has 1 rings (SSSR count). The summed E-state index contributed by atoms with van der Waals surface area (Å²) in [7, 11) is 1.73. The second-order valence-corrected chi connectivity index (χ2v) is 5.04. The molecule has 0 unspecified atom stereocenters. The summed E-state index contributed by atoms with van der Waals surface area (Å²) in [6.07, 6.45) is 2.95. The van der Waals surface area contributed by atoms with Crippen molar-refractivity contribution in [1.82, 2.24) is 15.5 Å². The lowest BCUT2D eigenvalue weighted by Gasteiger charge is -2.18. The minimum atomic E-state index is 0.125. The van der Waals surface area contributed by atoms with E-state index >= 15 is 0 Å². The third-order valence-electron chi connectivity index (χ3n) is 2.49. The molecule has 0 saturated heterocycles. The number of nitrogens with zero attached hydrogens (tertiary/aromatic N) is 1. The largest absolute Gasteiger partial charge is 0.385 e. The maximum absolute atomic E-state index is 5.00. The van der Waals surface area contributed by atoms with Crippen LogP contribution in [0.25, 0.3) is 0 Å². The quantitative estimate of drug-likeness (QED) is 0.726. The number of ether oxygens (including phenoxy) is 1. The molecule has 0 radical (unpaired) electrons. The average Bonchev–Trinajstić information content (AvgIpc) is 2.65. The Labute approximate surface area is 97.8 Å². The number of rotatable bonds is 6. The molecule has 0 spiro atoms. The van der Waals surface area contributed by atoms with Crippen LogP contribution < -0.4 is 5.32 Å². The standard InChI is InChI=1S/C12H23N3O/c1-12(2,3)11-10(9-14-15-11)8-13-6-5-7-16-4/h9,13H,5-8H2,1-4H3,(H,14,15). The van der Waals surface area contributed by atoms with E-state index in [9.17, 15) is 0 Å². The van der Waals surface area contributed by atoms with Crippen molar-refractivity contribution in [3.8, 4) is 0 Å². The fourth-order valence-corrected chi connectivity index (χ4v) is 1.66. The van der Waals surface area contributed by atoms with Crippen LogP contribution >= 0.6 is 0 Å². The van der Waals surface area contributed by atoms with Gasteiger partial charge in [0.25, 0.3) is 0 Å². The average molecular weight is 225 g/mol. The van der Waals surface area contributed by atoms with E-state index in [0.29, 0.717) is 0 Å². The van der Waals surface area contributed by atoms with Crippen molar-refractivity contribution < 1.29 is 4.74 Å². The second-order valence-electron chi connectivity index (χ2n) is 5.04. The molecule has 1 aromatic rings. The Bertz CT molecular complexity index is 301. The summed E-state index contributed by atoms with van der Waals surface area (Å²) in [5, 5.41) is 10.6. The topological polar surface area (TPSA) is 49.9 Å². The van der Waals surface area contributed by atoms with E-state index in [-0.39, 0.29) is 5.41 Å². The van der Waals surface area contributed by atoms with Crippen molar-refractivity contribution in [3.05, 3.63) is 17.5 Å². The summed E-state index contributed by atoms with van der Waals surface area (Å²) in [4.78, 5) is 0. The molecule has 0 aromatic carbocycles. The van der Waals surface area contributed by atoms with E-state index in [4.69, 9.17) is 4.74 Å². The fourth-order valence-electron chi connectivity index (χ4n) is 1.66. The zero-order chi connectivity index (χ0) is 12.0. The first kappa shape index (κ1) is 13.2. The van der Waals surface area contributed by atoms with Gasteiger partial charge in [0.05, 0.1) is 6.20 Å². The van der Waals surface area contributed by atoms with Gasteiger partial charge in [-0.25, -0.2) is 0 Å². The summed E-state index contributed by atoms with van der Waals surface area (Å²) >= 11 is 0. The first-order chi connectivity index (χ1) is 7.55. The van der Waals surface area contributed by atoms with E-state index in [1.807, 2.05) is 6.20 Å². The molecule has 0 aliphatic carbocycles. The Hall–Kier alpha value is -0.870. The first-order valence-electron chi connectivity index (χ1n) is 5.78. The van der Waals surface area contributed by atoms with Gasteiger partial charge in [-0.3, -0.25) is 5.10 Å². The molecule has 4 heteroatoms. The Morgan fingerprint density at radius 1 is 1.44 bits per heavy atom. The zero-order valence-corrected chi connectivity index (χ0v) is 10.8. The molecule has 4 nitrogen and oxygen atoms in total.